The van der Waals surface area contributed by atoms with Crippen LogP contribution in [0.5, 0.6) is 0 Å². The molecule has 5 heterocycles. The van der Waals surface area contributed by atoms with E-state index in [9.17, 15) is 14.4 Å². The first kappa shape index (κ1) is 38.8. The standard InChI is InChI=1S/C44H52ClN9O3/c45-38-30-46-44(50-42(38)33-8-4-7-32(29-33)31-5-2-1-3-6-31)48-35-15-21-54(22-16-35)41(56)19-20-51-25-27-53(28-26-51)37-17-23-52(24-18-37)36-11-9-34(10-12-36)47-39-13-14-40(55)49-43(39)57/h1-12,29-30,35,37,39,47H,13-28H2,(H,46,48,50)(H,49,55,57). The van der Waals surface area contributed by atoms with E-state index >= 15 is 0 Å². The summed E-state index contributed by atoms with van der Waals surface area (Å²) in [5.41, 5.74) is 5.98. The number of anilines is 3. The Kier molecular flexibility index (Phi) is 12.3. The monoisotopic (exact) mass is 789 g/mol. The van der Waals surface area contributed by atoms with Gasteiger partial charge >= 0.3 is 0 Å². The number of imide groups is 1. The molecule has 4 saturated heterocycles. The van der Waals surface area contributed by atoms with Gasteiger partial charge in [-0.15, -0.1) is 0 Å². The van der Waals surface area contributed by atoms with Crippen LogP contribution < -0.4 is 20.9 Å². The molecule has 0 aliphatic carbocycles. The summed E-state index contributed by atoms with van der Waals surface area (Å²) in [5.74, 6) is 0.343. The van der Waals surface area contributed by atoms with E-state index in [0.29, 0.717) is 42.0 Å². The number of rotatable bonds is 11. The second kappa shape index (κ2) is 18.0. The number of carbonyl (C=O) groups excluding carboxylic acids is 3. The molecule has 3 N–H and O–H groups in total. The van der Waals surface area contributed by atoms with E-state index in [-0.39, 0.29) is 29.8 Å². The molecule has 4 aliphatic rings. The van der Waals surface area contributed by atoms with Crippen LogP contribution in [-0.2, 0) is 14.4 Å². The molecule has 1 atom stereocenters. The Morgan fingerprint density at radius 1 is 0.772 bits per heavy atom. The Labute approximate surface area is 340 Å². The average molecular weight is 790 g/mol. The molecule has 4 fully saturated rings. The Balaban J connectivity index is 0.730. The van der Waals surface area contributed by atoms with Crippen molar-refractivity contribution in [2.24, 2.45) is 0 Å². The van der Waals surface area contributed by atoms with Gasteiger partial charge in [-0.1, -0.05) is 60.1 Å². The van der Waals surface area contributed by atoms with Crippen molar-refractivity contribution in [3.05, 3.63) is 90.1 Å². The summed E-state index contributed by atoms with van der Waals surface area (Å²) < 4.78 is 0. The van der Waals surface area contributed by atoms with Gasteiger partial charge in [0.25, 0.3) is 0 Å². The first-order chi connectivity index (χ1) is 27.8. The van der Waals surface area contributed by atoms with Crippen LogP contribution in [0.3, 0.4) is 0 Å². The molecule has 1 unspecified atom stereocenters. The summed E-state index contributed by atoms with van der Waals surface area (Å²) >= 11 is 6.59. The van der Waals surface area contributed by atoms with Crippen molar-refractivity contribution in [3.8, 4) is 22.4 Å². The number of hydrogen-bond acceptors (Lipinski definition) is 10. The van der Waals surface area contributed by atoms with E-state index in [4.69, 9.17) is 16.6 Å². The number of piperidine rings is 3. The lowest BCUT2D eigenvalue weighted by Crippen LogP contribution is -2.53. The minimum absolute atomic E-state index is 0.188. The summed E-state index contributed by atoms with van der Waals surface area (Å²) in [6, 6.07) is 27.2. The summed E-state index contributed by atoms with van der Waals surface area (Å²) in [4.78, 5) is 55.7. The summed E-state index contributed by atoms with van der Waals surface area (Å²) in [5, 5.41) is 9.69. The second-order valence-electron chi connectivity index (χ2n) is 15.7. The number of carbonyl (C=O) groups is 3. The van der Waals surface area contributed by atoms with Gasteiger partial charge in [-0.25, -0.2) is 9.97 Å². The highest BCUT2D eigenvalue weighted by Crippen LogP contribution is 2.31. The zero-order chi connectivity index (χ0) is 39.1. The molecular weight excluding hydrogens is 738 g/mol. The lowest BCUT2D eigenvalue weighted by atomic mass is 10.0. The van der Waals surface area contributed by atoms with Gasteiger partial charge in [-0.05, 0) is 73.6 Å². The van der Waals surface area contributed by atoms with E-state index in [1.54, 1.807) is 6.20 Å². The van der Waals surface area contributed by atoms with Crippen molar-refractivity contribution in [1.29, 1.82) is 0 Å². The van der Waals surface area contributed by atoms with Gasteiger partial charge in [0, 0.05) is 101 Å². The van der Waals surface area contributed by atoms with E-state index in [1.165, 1.54) is 5.69 Å². The first-order valence-electron chi connectivity index (χ1n) is 20.5. The normalized spacial score (nSPS) is 20.3. The lowest BCUT2D eigenvalue weighted by molar-refractivity contribution is -0.134. The molecular formula is C44H52ClN9O3. The number of piperazine rings is 1. The number of nitrogens with one attached hydrogen (secondary N) is 3. The van der Waals surface area contributed by atoms with Crippen molar-refractivity contribution in [3.63, 3.8) is 0 Å². The van der Waals surface area contributed by atoms with E-state index in [0.717, 1.165) is 107 Å². The van der Waals surface area contributed by atoms with Crippen LogP contribution in [-0.4, -0.2) is 119 Å². The van der Waals surface area contributed by atoms with Gasteiger partial charge in [-0.3, -0.25) is 24.6 Å². The molecule has 12 nitrogen and oxygen atoms in total. The molecule has 0 saturated carbocycles. The third-order valence-electron chi connectivity index (χ3n) is 12.0. The van der Waals surface area contributed by atoms with E-state index in [2.05, 4.69) is 72.0 Å². The fourth-order valence-corrected chi connectivity index (χ4v) is 8.83. The largest absolute Gasteiger partial charge is 0.374 e. The topological polar surface area (TPSA) is 126 Å². The fourth-order valence-electron chi connectivity index (χ4n) is 8.63. The van der Waals surface area contributed by atoms with Gasteiger partial charge in [0.1, 0.15) is 6.04 Å². The number of likely N-dealkylation sites (tertiary alicyclic amines) is 1. The van der Waals surface area contributed by atoms with Crippen molar-refractivity contribution < 1.29 is 14.4 Å². The van der Waals surface area contributed by atoms with Crippen molar-refractivity contribution >= 4 is 46.6 Å². The Morgan fingerprint density at radius 3 is 2.23 bits per heavy atom. The number of benzene rings is 3. The predicted molar refractivity (Wildman–Crippen MR) is 225 cm³/mol. The number of amides is 3. The number of aromatic nitrogens is 2. The molecule has 0 spiro atoms. The maximum absolute atomic E-state index is 13.3. The molecule has 1 aromatic heterocycles. The van der Waals surface area contributed by atoms with Crippen molar-refractivity contribution in [2.75, 3.05) is 74.4 Å². The van der Waals surface area contributed by atoms with Gasteiger partial charge in [0.05, 0.1) is 16.9 Å². The smallest absolute Gasteiger partial charge is 0.249 e. The molecule has 0 bridgehead atoms. The van der Waals surface area contributed by atoms with Crippen molar-refractivity contribution in [2.45, 2.75) is 63.1 Å². The predicted octanol–water partition coefficient (Wildman–Crippen LogP) is 5.76. The molecule has 8 rings (SSSR count). The first-order valence-corrected chi connectivity index (χ1v) is 20.9. The summed E-state index contributed by atoms with van der Waals surface area (Å²) in [6.45, 7) is 8.39. The lowest BCUT2D eigenvalue weighted by Gasteiger charge is -2.43. The van der Waals surface area contributed by atoms with E-state index < -0.39 is 0 Å². The maximum Gasteiger partial charge on any atom is 0.249 e. The number of nitrogens with zero attached hydrogens (tertiary/aromatic N) is 6. The molecule has 4 aromatic rings. The summed E-state index contributed by atoms with van der Waals surface area (Å²) in [6.07, 6.45) is 7.07. The van der Waals surface area contributed by atoms with Crippen LogP contribution in [0.1, 0.15) is 44.9 Å². The highest BCUT2D eigenvalue weighted by atomic mass is 35.5. The highest BCUT2D eigenvalue weighted by molar-refractivity contribution is 6.32. The van der Waals surface area contributed by atoms with Gasteiger partial charge < -0.3 is 25.3 Å². The van der Waals surface area contributed by atoms with Crippen LogP contribution in [0.2, 0.25) is 5.02 Å². The maximum atomic E-state index is 13.3. The van der Waals surface area contributed by atoms with Gasteiger partial charge in [0.15, 0.2) is 0 Å². The average Bonchev–Trinajstić information content (AvgIpc) is 3.25. The van der Waals surface area contributed by atoms with Crippen molar-refractivity contribution in [1.82, 2.24) is 30.0 Å². The molecule has 3 amide bonds. The zero-order valence-corrected chi connectivity index (χ0v) is 33.2. The minimum Gasteiger partial charge on any atom is -0.374 e. The molecule has 298 valence electrons. The van der Waals surface area contributed by atoms with Gasteiger partial charge in [-0.2, -0.15) is 0 Å². The van der Waals surface area contributed by atoms with E-state index in [1.807, 2.05) is 47.4 Å². The molecule has 57 heavy (non-hydrogen) atoms. The van der Waals surface area contributed by atoms with Crippen LogP contribution in [0, 0.1) is 0 Å². The minimum atomic E-state index is -0.375. The quantitative estimate of drug-likeness (QED) is 0.162. The molecule has 0 radical (unpaired) electrons. The fraction of sp³-hybridized carbons (Fsp3) is 0.432. The molecule has 4 aliphatic heterocycles. The molecule has 3 aromatic carbocycles. The van der Waals surface area contributed by atoms with Crippen LogP contribution >= 0.6 is 11.6 Å². The second-order valence-corrected chi connectivity index (χ2v) is 16.1. The Morgan fingerprint density at radius 2 is 1.49 bits per heavy atom. The van der Waals surface area contributed by atoms with Gasteiger partial charge in [0.2, 0.25) is 23.7 Å². The number of hydrogen-bond donors (Lipinski definition) is 3. The zero-order valence-electron chi connectivity index (χ0n) is 32.4. The van der Waals surface area contributed by atoms with Crippen LogP contribution in [0.25, 0.3) is 22.4 Å². The van der Waals surface area contributed by atoms with Crippen LogP contribution in [0.15, 0.2) is 85.1 Å². The molecule has 13 heteroatoms. The third kappa shape index (κ3) is 9.75. The Hall–Kier alpha value is -5.04. The Bertz CT molecular complexity index is 2010. The third-order valence-corrected chi connectivity index (χ3v) is 12.3. The highest BCUT2D eigenvalue weighted by Gasteiger charge is 2.30. The summed E-state index contributed by atoms with van der Waals surface area (Å²) in [7, 11) is 0. The number of halogens is 1. The van der Waals surface area contributed by atoms with Crippen LogP contribution in [0.4, 0.5) is 17.3 Å². The SMILES string of the molecule is O=C1CCC(Nc2ccc(N3CCC(N4CCN(CCC(=O)N5CCC(Nc6ncc(Cl)c(-c7cccc(-c8ccccc8)c7)n6)CC5)CC4)CC3)cc2)C(=O)N1.